The average Bonchev–Trinajstić information content (AvgIpc) is 3.16. The van der Waals surface area contributed by atoms with Gasteiger partial charge in [0.1, 0.15) is 5.82 Å². The normalized spacial score (nSPS) is 10.9. The molecule has 0 bridgehead atoms. The number of fused-ring (bicyclic) bond motifs is 1. The highest BCUT2D eigenvalue weighted by atomic mass is 16.1. The van der Waals surface area contributed by atoms with Crippen LogP contribution in [0, 0.1) is 0 Å². The van der Waals surface area contributed by atoms with Crippen molar-refractivity contribution >= 4 is 17.2 Å². The molecule has 0 saturated carbocycles. The van der Waals surface area contributed by atoms with Gasteiger partial charge in [0.25, 0.3) is 5.56 Å². The molecule has 0 unspecified atom stereocenters. The van der Waals surface area contributed by atoms with Crippen LogP contribution in [0.1, 0.15) is 0 Å². The first-order valence-electron chi connectivity index (χ1n) is 9.38. The van der Waals surface area contributed by atoms with Crippen LogP contribution < -0.4 is 10.9 Å². The number of nitrogens with zero attached hydrogens (tertiary/aromatic N) is 2. The molecular formula is C24H18N4O. The largest absolute Gasteiger partial charge is 0.340 e. The van der Waals surface area contributed by atoms with Crippen LogP contribution in [0.3, 0.4) is 0 Å². The maximum absolute atomic E-state index is 12.9. The fourth-order valence-electron chi connectivity index (χ4n) is 3.46. The third kappa shape index (κ3) is 3.19. The highest BCUT2D eigenvalue weighted by molar-refractivity contribution is 5.90. The van der Waals surface area contributed by atoms with E-state index in [1.807, 2.05) is 91.0 Å². The summed E-state index contributed by atoms with van der Waals surface area (Å²) < 4.78 is 1.50. The van der Waals surface area contributed by atoms with Gasteiger partial charge in [0.2, 0.25) is 0 Å². The van der Waals surface area contributed by atoms with Gasteiger partial charge in [-0.15, -0.1) is 0 Å². The molecule has 0 aliphatic carbocycles. The maximum Gasteiger partial charge on any atom is 0.274 e. The Labute approximate surface area is 167 Å². The van der Waals surface area contributed by atoms with Crippen LogP contribution in [0.4, 0.5) is 11.5 Å². The molecule has 0 aliphatic heterocycles. The lowest BCUT2D eigenvalue weighted by molar-refractivity contribution is 0.904. The van der Waals surface area contributed by atoms with E-state index in [0.717, 1.165) is 28.1 Å². The Balaban J connectivity index is 1.76. The Morgan fingerprint density at radius 2 is 1.34 bits per heavy atom. The second kappa shape index (κ2) is 7.13. The average molecular weight is 378 g/mol. The Kier molecular flexibility index (Phi) is 4.18. The number of para-hydroxylation sites is 1. The topological polar surface area (TPSA) is 62.2 Å². The lowest BCUT2D eigenvalue weighted by Gasteiger charge is -2.06. The quantitative estimate of drug-likeness (QED) is 0.457. The van der Waals surface area contributed by atoms with Gasteiger partial charge in [-0.05, 0) is 17.7 Å². The molecule has 5 heteroatoms. The number of aromatic amines is 1. The third-order valence-corrected chi connectivity index (χ3v) is 4.79. The Morgan fingerprint density at radius 1 is 0.759 bits per heavy atom. The minimum absolute atomic E-state index is 0.173. The van der Waals surface area contributed by atoms with Crippen molar-refractivity contribution in [3.05, 3.63) is 107 Å². The second-order valence-electron chi connectivity index (χ2n) is 6.72. The molecular weight excluding hydrogens is 360 g/mol. The molecule has 0 spiro atoms. The van der Waals surface area contributed by atoms with E-state index >= 15 is 0 Å². The zero-order chi connectivity index (χ0) is 19.6. The molecule has 29 heavy (non-hydrogen) atoms. The van der Waals surface area contributed by atoms with E-state index < -0.39 is 0 Å². The van der Waals surface area contributed by atoms with Gasteiger partial charge in [-0.1, -0.05) is 78.9 Å². The lowest BCUT2D eigenvalue weighted by atomic mass is 10.0. The van der Waals surface area contributed by atoms with E-state index in [9.17, 15) is 4.79 Å². The summed E-state index contributed by atoms with van der Waals surface area (Å²) >= 11 is 0. The molecule has 5 aromatic rings. The second-order valence-corrected chi connectivity index (χ2v) is 6.72. The molecule has 0 radical (unpaired) electrons. The highest BCUT2D eigenvalue weighted by Gasteiger charge is 2.18. The minimum atomic E-state index is -0.173. The van der Waals surface area contributed by atoms with Crippen molar-refractivity contribution in [3.63, 3.8) is 0 Å². The summed E-state index contributed by atoms with van der Waals surface area (Å²) in [5.41, 5.74) is 5.03. The van der Waals surface area contributed by atoms with Crippen molar-refractivity contribution in [3.8, 4) is 22.4 Å². The van der Waals surface area contributed by atoms with Crippen LogP contribution in [0.2, 0.25) is 0 Å². The predicted molar refractivity (Wildman–Crippen MR) is 116 cm³/mol. The van der Waals surface area contributed by atoms with Crippen LogP contribution in [0.15, 0.2) is 102 Å². The van der Waals surface area contributed by atoms with Crippen molar-refractivity contribution in [1.29, 1.82) is 0 Å². The fraction of sp³-hybridized carbons (Fsp3) is 0. The summed E-state index contributed by atoms with van der Waals surface area (Å²) in [5, 5.41) is 6.48. The van der Waals surface area contributed by atoms with Gasteiger partial charge >= 0.3 is 0 Å². The van der Waals surface area contributed by atoms with Crippen LogP contribution in [-0.2, 0) is 0 Å². The first kappa shape index (κ1) is 17.0. The van der Waals surface area contributed by atoms with E-state index in [4.69, 9.17) is 4.98 Å². The summed E-state index contributed by atoms with van der Waals surface area (Å²) in [6.07, 6.45) is 0. The summed E-state index contributed by atoms with van der Waals surface area (Å²) in [5.74, 6) is 0.511. The van der Waals surface area contributed by atoms with Crippen molar-refractivity contribution in [2.75, 3.05) is 5.32 Å². The summed E-state index contributed by atoms with van der Waals surface area (Å²) in [6, 6.07) is 31.2. The van der Waals surface area contributed by atoms with E-state index in [1.54, 1.807) is 0 Å². The number of anilines is 2. The van der Waals surface area contributed by atoms with Crippen molar-refractivity contribution in [1.82, 2.24) is 14.6 Å². The van der Waals surface area contributed by atoms with Gasteiger partial charge in [-0.3, -0.25) is 9.89 Å². The van der Waals surface area contributed by atoms with Gasteiger partial charge in [0, 0.05) is 17.3 Å². The van der Waals surface area contributed by atoms with E-state index in [0.29, 0.717) is 11.5 Å². The number of nitrogens with one attached hydrogen (secondary N) is 2. The molecule has 140 valence electrons. The molecule has 0 atom stereocenters. The van der Waals surface area contributed by atoms with E-state index in [-0.39, 0.29) is 5.56 Å². The van der Waals surface area contributed by atoms with Crippen molar-refractivity contribution in [2.45, 2.75) is 0 Å². The van der Waals surface area contributed by atoms with Gasteiger partial charge in [0.15, 0.2) is 5.65 Å². The van der Waals surface area contributed by atoms with E-state index in [2.05, 4.69) is 10.4 Å². The predicted octanol–water partition coefficient (Wildman–Crippen LogP) is 5.10. The number of H-pyrrole nitrogens is 1. The smallest absolute Gasteiger partial charge is 0.274 e. The SMILES string of the molecule is O=c1cc(Nc2ccccc2)nc2c(-c3ccccc3)c(-c3ccccc3)[nH]n12. The first-order chi connectivity index (χ1) is 14.3. The zero-order valence-electron chi connectivity index (χ0n) is 15.5. The van der Waals surface area contributed by atoms with Crippen molar-refractivity contribution < 1.29 is 0 Å². The molecule has 0 fully saturated rings. The monoisotopic (exact) mass is 378 g/mol. The van der Waals surface area contributed by atoms with Gasteiger partial charge < -0.3 is 5.32 Å². The zero-order valence-corrected chi connectivity index (χ0v) is 15.5. The Hall–Kier alpha value is -4.12. The molecule has 0 saturated heterocycles. The maximum atomic E-state index is 12.9. The Morgan fingerprint density at radius 3 is 2.00 bits per heavy atom. The Bertz CT molecular complexity index is 1320. The van der Waals surface area contributed by atoms with Gasteiger partial charge in [0.05, 0.1) is 11.3 Å². The number of aromatic nitrogens is 3. The highest BCUT2D eigenvalue weighted by Crippen LogP contribution is 2.34. The molecule has 0 aliphatic rings. The number of hydrogen-bond donors (Lipinski definition) is 2. The van der Waals surface area contributed by atoms with Crippen molar-refractivity contribution in [2.24, 2.45) is 0 Å². The van der Waals surface area contributed by atoms with Crippen LogP contribution in [0.25, 0.3) is 28.0 Å². The van der Waals surface area contributed by atoms with Crippen LogP contribution in [0.5, 0.6) is 0 Å². The fourth-order valence-corrected chi connectivity index (χ4v) is 3.46. The summed E-state index contributed by atoms with van der Waals surface area (Å²) in [4.78, 5) is 17.6. The number of hydrogen-bond acceptors (Lipinski definition) is 3. The first-order valence-corrected chi connectivity index (χ1v) is 9.38. The molecule has 0 amide bonds. The summed E-state index contributed by atoms with van der Waals surface area (Å²) in [6.45, 7) is 0. The molecule has 5 rings (SSSR count). The van der Waals surface area contributed by atoms with Crippen LogP contribution >= 0.6 is 0 Å². The summed E-state index contributed by atoms with van der Waals surface area (Å²) in [7, 11) is 0. The minimum Gasteiger partial charge on any atom is -0.340 e. The lowest BCUT2D eigenvalue weighted by Crippen LogP contribution is -2.15. The van der Waals surface area contributed by atoms with Gasteiger partial charge in [-0.25, -0.2) is 9.50 Å². The molecule has 2 N–H and O–H groups in total. The standard InChI is InChI=1S/C24H18N4O/c29-21-16-20(25-19-14-8-3-9-15-19)26-24-22(17-10-4-1-5-11-17)23(27-28(21)24)18-12-6-2-7-13-18/h1-16,25,27H. The molecule has 5 nitrogen and oxygen atoms in total. The molecule has 2 heterocycles. The third-order valence-electron chi connectivity index (χ3n) is 4.79. The number of benzene rings is 3. The number of rotatable bonds is 4. The van der Waals surface area contributed by atoms with E-state index in [1.165, 1.54) is 10.6 Å². The molecule has 3 aromatic carbocycles. The molecule has 2 aromatic heterocycles. The van der Waals surface area contributed by atoms with Crippen LogP contribution in [-0.4, -0.2) is 14.6 Å². The van der Waals surface area contributed by atoms with Gasteiger partial charge in [-0.2, -0.15) is 0 Å².